The molecule has 1 aliphatic rings. The Kier molecular flexibility index (Phi) is 2.75. The Hall–Kier alpha value is -0.580. The lowest BCUT2D eigenvalue weighted by atomic mass is 9.68. The summed E-state index contributed by atoms with van der Waals surface area (Å²) in [6.45, 7) is 3.89. The van der Waals surface area contributed by atoms with E-state index in [1.165, 1.54) is 0 Å². The van der Waals surface area contributed by atoms with Gasteiger partial charge in [-0.2, -0.15) is 0 Å². The van der Waals surface area contributed by atoms with Crippen LogP contribution in [0, 0.1) is 8.99 Å². The van der Waals surface area contributed by atoms with Gasteiger partial charge in [0.25, 0.3) is 0 Å². The summed E-state index contributed by atoms with van der Waals surface area (Å²) >= 11 is 2.24. The summed E-state index contributed by atoms with van der Waals surface area (Å²) in [7, 11) is 0. The van der Waals surface area contributed by atoms with E-state index < -0.39 is 0 Å². The van der Waals surface area contributed by atoms with Crippen LogP contribution in [0.5, 0.6) is 5.75 Å². The van der Waals surface area contributed by atoms with Crippen LogP contribution in [0.1, 0.15) is 20.3 Å². The van der Waals surface area contributed by atoms with Gasteiger partial charge in [-0.05, 0) is 48.6 Å². The molecule has 0 N–H and O–H groups in total. The molecule has 0 bridgehead atoms. The molecule has 3 heteroatoms. The van der Waals surface area contributed by atoms with Crippen LogP contribution in [0.25, 0.3) is 0 Å². The number of carbonyl (C=O) groups excluding carboxylic acids is 1. The van der Waals surface area contributed by atoms with E-state index in [1.807, 2.05) is 38.1 Å². The Labute approximate surface area is 103 Å². The molecule has 1 fully saturated rings. The maximum Gasteiger partial charge on any atom is 0.145 e. The first-order valence-corrected chi connectivity index (χ1v) is 6.04. The van der Waals surface area contributed by atoms with Gasteiger partial charge in [0.15, 0.2) is 0 Å². The summed E-state index contributed by atoms with van der Waals surface area (Å²) in [6, 6.07) is 7.88. The molecule has 0 saturated heterocycles. The summed E-state index contributed by atoms with van der Waals surface area (Å²) in [5.74, 6) is 1.17. The molecule has 0 aromatic heterocycles. The van der Waals surface area contributed by atoms with Gasteiger partial charge >= 0.3 is 0 Å². The third kappa shape index (κ3) is 1.89. The number of hydrogen-bond donors (Lipinski definition) is 0. The Balaban J connectivity index is 2.12. The van der Waals surface area contributed by atoms with E-state index >= 15 is 0 Å². The van der Waals surface area contributed by atoms with Gasteiger partial charge < -0.3 is 4.74 Å². The van der Waals surface area contributed by atoms with Crippen LogP contribution < -0.4 is 4.74 Å². The molecule has 0 radical (unpaired) electrons. The average Bonchev–Trinajstić information content (AvgIpc) is 2.20. The predicted molar refractivity (Wildman–Crippen MR) is 67.0 cm³/mol. The zero-order valence-electron chi connectivity index (χ0n) is 8.79. The van der Waals surface area contributed by atoms with E-state index in [2.05, 4.69) is 22.6 Å². The van der Waals surface area contributed by atoms with Gasteiger partial charge in [0.1, 0.15) is 17.6 Å². The summed E-state index contributed by atoms with van der Waals surface area (Å²) in [5.41, 5.74) is -0.321. The minimum absolute atomic E-state index is 0.0286. The van der Waals surface area contributed by atoms with Crippen LogP contribution in [0.15, 0.2) is 24.3 Å². The number of halogens is 1. The van der Waals surface area contributed by atoms with Gasteiger partial charge in [-0.1, -0.05) is 12.1 Å². The highest BCUT2D eigenvalue weighted by Crippen LogP contribution is 2.39. The van der Waals surface area contributed by atoms with Crippen LogP contribution >= 0.6 is 22.6 Å². The number of rotatable bonds is 2. The first-order valence-electron chi connectivity index (χ1n) is 4.96. The maximum absolute atomic E-state index is 11.4. The molecule has 1 atom stereocenters. The Morgan fingerprint density at radius 2 is 2.07 bits per heavy atom. The molecular weight excluding hydrogens is 303 g/mol. The average molecular weight is 316 g/mol. The SMILES string of the molecule is CC1(C)C(=O)CC1Oc1ccccc1I. The standard InChI is InChI=1S/C12H13IO2/c1-12(2)10(14)7-11(12)15-9-6-4-3-5-8(9)13/h3-6,11H,7H2,1-2H3. The van der Waals surface area contributed by atoms with Crippen LogP contribution in [0.4, 0.5) is 0 Å². The first kappa shape index (κ1) is 10.9. The summed E-state index contributed by atoms with van der Waals surface area (Å²) in [5, 5.41) is 0. The molecule has 0 heterocycles. The highest BCUT2D eigenvalue weighted by Gasteiger charge is 2.49. The molecule has 1 aromatic rings. The van der Waals surface area contributed by atoms with Crippen molar-refractivity contribution in [3.05, 3.63) is 27.8 Å². The van der Waals surface area contributed by atoms with E-state index in [0.29, 0.717) is 12.2 Å². The van der Waals surface area contributed by atoms with Crippen molar-refractivity contribution in [1.82, 2.24) is 0 Å². The van der Waals surface area contributed by atoms with Crippen molar-refractivity contribution < 1.29 is 9.53 Å². The number of carbonyl (C=O) groups is 1. The molecule has 15 heavy (non-hydrogen) atoms. The van der Waals surface area contributed by atoms with Gasteiger partial charge in [0.2, 0.25) is 0 Å². The molecule has 2 rings (SSSR count). The number of hydrogen-bond acceptors (Lipinski definition) is 2. The molecule has 2 nitrogen and oxygen atoms in total. The van der Waals surface area contributed by atoms with E-state index in [-0.39, 0.29) is 11.5 Å². The van der Waals surface area contributed by atoms with Crippen molar-refractivity contribution in [2.75, 3.05) is 0 Å². The highest BCUT2D eigenvalue weighted by atomic mass is 127. The third-order valence-electron chi connectivity index (χ3n) is 3.00. The fourth-order valence-electron chi connectivity index (χ4n) is 1.62. The third-order valence-corrected chi connectivity index (χ3v) is 3.89. The Morgan fingerprint density at radius 1 is 1.40 bits per heavy atom. The van der Waals surface area contributed by atoms with Crippen molar-refractivity contribution in [1.29, 1.82) is 0 Å². The number of ketones is 1. The normalized spacial score (nSPS) is 23.4. The molecule has 1 saturated carbocycles. The van der Waals surface area contributed by atoms with Gasteiger partial charge in [-0.3, -0.25) is 4.79 Å². The number of benzene rings is 1. The zero-order chi connectivity index (χ0) is 11.1. The van der Waals surface area contributed by atoms with Crippen molar-refractivity contribution in [2.45, 2.75) is 26.4 Å². The first-order chi connectivity index (χ1) is 7.01. The van der Waals surface area contributed by atoms with Crippen LogP contribution in [0.2, 0.25) is 0 Å². The molecule has 80 valence electrons. The lowest BCUT2D eigenvalue weighted by Crippen LogP contribution is -2.53. The summed E-state index contributed by atoms with van der Waals surface area (Å²) in [4.78, 5) is 11.4. The smallest absolute Gasteiger partial charge is 0.145 e. The van der Waals surface area contributed by atoms with Crippen molar-refractivity contribution in [3.63, 3.8) is 0 Å². The fourth-order valence-corrected chi connectivity index (χ4v) is 2.13. The quantitative estimate of drug-likeness (QED) is 0.784. The predicted octanol–water partition coefficient (Wildman–Crippen LogP) is 3.04. The van der Waals surface area contributed by atoms with Crippen molar-refractivity contribution in [3.8, 4) is 5.75 Å². The molecular formula is C12H13IO2. The second-order valence-electron chi connectivity index (χ2n) is 4.39. The minimum Gasteiger partial charge on any atom is -0.488 e. The Bertz CT molecular complexity index is 398. The van der Waals surface area contributed by atoms with Gasteiger partial charge in [-0.25, -0.2) is 0 Å². The lowest BCUT2D eigenvalue weighted by molar-refractivity contribution is -0.148. The molecule has 1 unspecified atom stereocenters. The van der Waals surface area contributed by atoms with E-state index in [9.17, 15) is 4.79 Å². The van der Waals surface area contributed by atoms with Gasteiger partial charge in [0, 0.05) is 6.42 Å². The van der Waals surface area contributed by atoms with Crippen LogP contribution in [0.3, 0.4) is 0 Å². The maximum atomic E-state index is 11.4. The molecule has 1 aliphatic carbocycles. The topological polar surface area (TPSA) is 26.3 Å². The lowest BCUT2D eigenvalue weighted by Gasteiger charge is -2.42. The zero-order valence-corrected chi connectivity index (χ0v) is 10.9. The number of Topliss-reactive ketones (excluding diaryl/α,β-unsaturated/α-hetero) is 1. The van der Waals surface area contributed by atoms with Crippen molar-refractivity contribution in [2.24, 2.45) is 5.41 Å². The highest BCUT2D eigenvalue weighted by molar-refractivity contribution is 14.1. The minimum atomic E-state index is -0.321. The molecule has 0 aliphatic heterocycles. The van der Waals surface area contributed by atoms with E-state index in [0.717, 1.165) is 9.32 Å². The second kappa shape index (κ2) is 3.77. The fraction of sp³-hybridized carbons (Fsp3) is 0.417. The molecule has 0 amide bonds. The number of ether oxygens (including phenoxy) is 1. The summed E-state index contributed by atoms with van der Waals surface area (Å²) in [6.07, 6.45) is 0.568. The van der Waals surface area contributed by atoms with E-state index in [4.69, 9.17) is 4.74 Å². The van der Waals surface area contributed by atoms with E-state index in [1.54, 1.807) is 0 Å². The Morgan fingerprint density at radius 3 is 2.60 bits per heavy atom. The van der Waals surface area contributed by atoms with Crippen LogP contribution in [-0.2, 0) is 4.79 Å². The van der Waals surface area contributed by atoms with Gasteiger partial charge in [0.05, 0.1) is 8.99 Å². The largest absolute Gasteiger partial charge is 0.488 e. The van der Waals surface area contributed by atoms with Gasteiger partial charge in [-0.15, -0.1) is 0 Å². The number of para-hydroxylation sites is 1. The van der Waals surface area contributed by atoms with Crippen molar-refractivity contribution >= 4 is 28.4 Å². The summed E-state index contributed by atoms with van der Waals surface area (Å²) < 4.78 is 6.93. The molecule has 1 aromatic carbocycles. The molecule has 0 spiro atoms. The van der Waals surface area contributed by atoms with Crippen LogP contribution in [-0.4, -0.2) is 11.9 Å². The monoisotopic (exact) mass is 316 g/mol. The second-order valence-corrected chi connectivity index (χ2v) is 5.55.